The van der Waals surface area contributed by atoms with E-state index >= 15 is 0 Å². The molecule has 0 aromatic heterocycles. The third-order valence-corrected chi connectivity index (χ3v) is 6.41. The zero-order valence-electron chi connectivity index (χ0n) is 12.9. The number of nitrogens with one attached hydrogen (secondary N) is 1. The minimum atomic E-state index is -4.72. The molecule has 0 unspecified atom stereocenters. The van der Waals surface area contributed by atoms with E-state index in [0.717, 1.165) is 24.2 Å². The van der Waals surface area contributed by atoms with E-state index in [-0.39, 0.29) is 6.07 Å². The van der Waals surface area contributed by atoms with Gasteiger partial charge in [-0.3, -0.25) is 4.79 Å². The number of hydrogen-bond donors (Lipinski definition) is 1. The molecule has 0 radical (unpaired) electrons. The molecule has 1 aliphatic rings. The van der Waals surface area contributed by atoms with E-state index in [1.165, 1.54) is 0 Å². The number of alkyl halides is 3. The standard InChI is InChI=1S/C14H16F4N2O3S/c1-13(2,24(22,23)20-6-3-7-20)12(21)19-11-5-4-9(8-10(11)15)14(16,17)18/h4-5,8H,3,6-7H2,1-2H3,(H,19,21). The maximum absolute atomic E-state index is 13.8. The van der Waals surface area contributed by atoms with Gasteiger partial charge in [-0.25, -0.2) is 17.1 Å². The van der Waals surface area contributed by atoms with Crippen LogP contribution in [0.3, 0.4) is 0 Å². The highest BCUT2D eigenvalue weighted by Gasteiger charge is 2.47. The highest BCUT2D eigenvalue weighted by Crippen LogP contribution is 2.32. The summed E-state index contributed by atoms with van der Waals surface area (Å²) in [6.07, 6.45) is -4.03. The number of halogens is 4. The van der Waals surface area contributed by atoms with E-state index in [1.54, 1.807) is 0 Å². The van der Waals surface area contributed by atoms with Crippen molar-refractivity contribution in [3.8, 4) is 0 Å². The topological polar surface area (TPSA) is 66.5 Å². The third kappa shape index (κ3) is 3.25. The van der Waals surface area contributed by atoms with Crippen molar-refractivity contribution in [2.24, 2.45) is 0 Å². The molecular weight excluding hydrogens is 352 g/mol. The Morgan fingerprint density at radius 3 is 2.21 bits per heavy atom. The number of anilines is 1. The fourth-order valence-corrected chi connectivity index (χ4v) is 3.70. The molecule has 0 saturated carbocycles. The number of amides is 1. The summed E-state index contributed by atoms with van der Waals surface area (Å²) in [5, 5.41) is 2.05. The second-order valence-corrected chi connectivity index (χ2v) is 8.40. The van der Waals surface area contributed by atoms with E-state index in [1.807, 2.05) is 0 Å². The second-order valence-electron chi connectivity index (χ2n) is 5.91. The van der Waals surface area contributed by atoms with Gasteiger partial charge in [0.25, 0.3) is 0 Å². The second kappa shape index (κ2) is 5.99. The SMILES string of the molecule is CC(C)(C(=O)Nc1ccc(C(F)(F)F)cc1F)S(=O)(=O)N1CCC1. The van der Waals surface area contributed by atoms with E-state index in [4.69, 9.17) is 0 Å². The number of hydrogen-bond acceptors (Lipinski definition) is 3. The lowest BCUT2D eigenvalue weighted by atomic mass is 10.1. The number of benzene rings is 1. The summed E-state index contributed by atoms with van der Waals surface area (Å²) in [5.74, 6) is -2.32. The van der Waals surface area contributed by atoms with Crippen LogP contribution in [0.1, 0.15) is 25.8 Å². The Labute approximate surface area is 136 Å². The van der Waals surface area contributed by atoms with Gasteiger partial charge in [-0.05, 0) is 38.5 Å². The van der Waals surface area contributed by atoms with Crippen molar-refractivity contribution in [2.45, 2.75) is 31.2 Å². The van der Waals surface area contributed by atoms with Gasteiger partial charge in [-0.15, -0.1) is 0 Å². The number of sulfonamides is 1. The average molecular weight is 368 g/mol. The van der Waals surface area contributed by atoms with Gasteiger partial charge in [0.2, 0.25) is 15.9 Å². The van der Waals surface area contributed by atoms with Crippen LogP contribution in [0, 0.1) is 5.82 Å². The molecule has 1 saturated heterocycles. The van der Waals surface area contributed by atoms with Crippen LogP contribution in [0.2, 0.25) is 0 Å². The van der Waals surface area contributed by atoms with Crippen LogP contribution in [0.4, 0.5) is 23.2 Å². The van der Waals surface area contributed by atoms with Gasteiger partial charge < -0.3 is 5.32 Å². The molecule has 24 heavy (non-hydrogen) atoms. The molecule has 1 fully saturated rings. The summed E-state index contributed by atoms with van der Waals surface area (Å²) < 4.78 is 75.3. The first-order chi connectivity index (χ1) is 10.9. The molecule has 0 aliphatic carbocycles. The smallest absolute Gasteiger partial charge is 0.322 e. The molecule has 1 N–H and O–H groups in total. The minimum absolute atomic E-state index is 0.243. The van der Waals surface area contributed by atoms with Crippen molar-refractivity contribution in [2.75, 3.05) is 18.4 Å². The van der Waals surface area contributed by atoms with Gasteiger partial charge in [0.05, 0.1) is 11.3 Å². The Morgan fingerprint density at radius 1 is 1.21 bits per heavy atom. The van der Waals surface area contributed by atoms with Crippen molar-refractivity contribution in [3.63, 3.8) is 0 Å². The minimum Gasteiger partial charge on any atom is -0.322 e. The lowest BCUT2D eigenvalue weighted by molar-refractivity contribution is -0.137. The molecule has 5 nitrogen and oxygen atoms in total. The van der Waals surface area contributed by atoms with Crippen molar-refractivity contribution < 1.29 is 30.8 Å². The van der Waals surface area contributed by atoms with Crippen LogP contribution in [-0.2, 0) is 21.0 Å². The molecule has 1 aromatic rings. The first-order valence-corrected chi connectivity index (χ1v) is 8.49. The van der Waals surface area contributed by atoms with Gasteiger partial charge in [0.15, 0.2) is 4.75 Å². The van der Waals surface area contributed by atoms with E-state index in [9.17, 15) is 30.8 Å². The van der Waals surface area contributed by atoms with Crippen LogP contribution in [-0.4, -0.2) is 36.5 Å². The molecule has 0 spiro atoms. The Balaban J connectivity index is 2.23. The van der Waals surface area contributed by atoms with Crippen molar-refractivity contribution in [3.05, 3.63) is 29.6 Å². The van der Waals surface area contributed by atoms with Crippen molar-refractivity contribution in [1.29, 1.82) is 0 Å². The highest BCUT2D eigenvalue weighted by atomic mass is 32.2. The third-order valence-electron chi connectivity index (χ3n) is 3.89. The fourth-order valence-electron chi connectivity index (χ4n) is 2.03. The zero-order valence-corrected chi connectivity index (χ0v) is 13.8. The lowest BCUT2D eigenvalue weighted by Crippen LogP contribution is -2.55. The molecule has 0 bridgehead atoms. The van der Waals surface area contributed by atoms with E-state index < -0.39 is 43.9 Å². The molecule has 134 valence electrons. The van der Waals surface area contributed by atoms with Gasteiger partial charge in [-0.2, -0.15) is 13.2 Å². The zero-order chi connectivity index (χ0) is 18.3. The number of nitrogens with zero attached hydrogens (tertiary/aromatic N) is 1. The van der Waals surface area contributed by atoms with Crippen molar-refractivity contribution in [1.82, 2.24) is 4.31 Å². The fraction of sp³-hybridized carbons (Fsp3) is 0.500. The van der Waals surface area contributed by atoms with Gasteiger partial charge in [0, 0.05) is 13.1 Å². The van der Waals surface area contributed by atoms with Crippen LogP contribution < -0.4 is 5.32 Å². The predicted molar refractivity (Wildman–Crippen MR) is 79.2 cm³/mol. The van der Waals surface area contributed by atoms with Gasteiger partial charge >= 0.3 is 6.18 Å². The normalized spacial score (nSPS) is 16.6. The number of carbonyl (C=O) groups excluding carboxylic acids is 1. The summed E-state index contributed by atoms with van der Waals surface area (Å²) in [6.45, 7) is 2.93. The lowest BCUT2D eigenvalue weighted by Gasteiger charge is -2.36. The van der Waals surface area contributed by atoms with E-state index in [2.05, 4.69) is 5.32 Å². The Morgan fingerprint density at radius 2 is 1.79 bits per heavy atom. The molecule has 10 heteroatoms. The molecule has 1 heterocycles. The molecular formula is C14H16F4N2O3S. The maximum atomic E-state index is 13.8. The van der Waals surface area contributed by atoms with Gasteiger partial charge in [0.1, 0.15) is 5.82 Å². The largest absolute Gasteiger partial charge is 0.416 e. The summed E-state index contributed by atoms with van der Waals surface area (Å²) in [4.78, 5) is 12.3. The number of rotatable bonds is 4. The maximum Gasteiger partial charge on any atom is 0.416 e. The highest BCUT2D eigenvalue weighted by molar-refractivity contribution is 7.91. The van der Waals surface area contributed by atoms with E-state index in [0.29, 0.717) is 25.6 Å². The summed E-state index contributed by atoms with van der Waals surface area (Å²) in [5.41, 5.74) is -1.72. The first-order valence-electron chi connectivity index (χ1n) is 7.05. The van der Waals surface area contributed by atoms with Crippen molar-refractivity contribution >= 4 is 21.6 Å². The summed E-state index contributed by atoms with van der Waals surface area (Å²) in [6, 6.07) is 1.60. The molecule has 2 rings (SSSR count). The Hall–Kier alpha value is -1.68. The monoisotopic (exact) mass is 368 g/mol. The molecule has 0 atom stereocenters. The average Bonchev–Trinajstić information content (AvgIpc) is 2.36. The van der Waals surface area contributed by atoms with Crippen LogP contribution in [0.15, 0.2) is 18.2 Å². The summed E-state index contributed by atoms with van der Waals surface area (Å²) in [7, 11) is -3.95. The quantitative estimate of drug-likeness (QED) is 0.831. The predicted octanol–water partition coefficient (Wildman–Crippen LogP) is 2.60. The number of carbonyl (C=O) groups is 1. The molecule has 1 aliphatic heterocycles. The Kier molecular flexibility index (Phi) is 4.66. The molecule has 1 amide bonds. The summed E-state index contributed by atoms with van der Waals surface area (Å²) >= 11 is 0. The van der Waals surface area contributed by atoms with Crippen LogP contribution in [0.5, 0.6) is 0 Å². The van der Waals surface area contributed by atoms with Gasteiger partial charge in [-0.1, -0.05) is 0 Å². The van der Waals surface area contributed by atoms with Crippen LogP contribution >= 0.6 is 0 Å². The molecule has 1 aromatic carbocycles. The Bertz CT molecular complexity index is 756. The van der Waals surface area contributed by atoms with Crippen LogP contribution in [0.25, 0.3) is 0 Å². The first kappa shape index (κ1) is 18.7.